The van der Waals surface area contributed by atoms with E-state index in [9.17, 15) is 4.79 Å². The van der Waals surface area contributed by atoms with Crippen LogP contribution in [0.5, 0.6) is 5.75 Å². The number of aryl methyl sites for hydroxylation is 1. The lowest BCUT2D eigenvalue weighted by atomic mass is 10.2. The Balaban J connectivity index is 1.58. The van der Waals surface area contributed by atoms with Gasteiger partial charge in [-0.05, 0) is 50.6 Å². The fourth-order valence-electron chi connectivity index (χ4n) is 2.69. The summed E-state index contributed by atoms with van der Waals surface area (Å²) in [4.78, 5) is 12.3. The highest BCUT2D eigenvalue weighted by molar-refractivity contribution is 7.99. The summed E-state index contributed by atoms with van der Waals surface area (Å²) in [6, 6.07) is 13.3. The van der Waals surface area contributed by atoms with Crippen LogP contribution in [0.2, 0.25) is 5.02 Å². The molecule has 0 fully saturated rings. The fourth-order valence-corrected chi connectivity index (χ4v) is 3.69. The zero-order valence-electron chi connectivity index (χ0n) is 16.6. The van der Waals surface area contributed by atoms with Gasteiger partial charge in [0.15, 0.2) is 11.0 Å². The van der Waals surface area contributed by atoms with Crippen molar-refractivity contribution in [3.63, 3.8) is 0 Å². The van der Waals surface area contributed by atoms with Gasteiger partial charge in [-0.25, -0.2) is 0 Å². The Labute approximate surface area is 179 Å². The van der Waals surface area contributed by atoms with Crippen LogP contribution in [0.3, 0.4) is 0 Å². The minimum Gasteiger partial charge on any atom is -0.486 e. The summed E-state index contributed by atoms with van der Waals surface area (Å²) >= 11 is 7.45. The van der Waals surface area contributed by atoms with Gasteiger partial charge in [0, 0.05) is 17.3 Å². The van der Waals surface area contributed by atoms with Crippen LogP contribution in [0.4, 0.5) is 5.69 Å². The SMILES string of the molecule is CCn1c(COc2ccc(C)cc2)nnc1SCC(=O)Nc1cccc(Cl)c1C. The molecule has 1 aromatic heterocycles. The first kappa shape index (κ1) is 21.2. The average molecular weight is 431 g/mol. The first-order chi connectivity index (χ1) is 14.0. The summed E-state index contributed by atoms with van der Waals surface area (Å²) in [5, 5.41) is 12.6. The number of carbonyl (C=O) groups is 1. The number of ether oxygens (including phenoxy) is 1. The van der Waals surface area contributed by atoms with Crippen molar-refractivity contribution in [1.82, 2.24) is 14.8 Å². The third-order valence-electron chi connectivity index (χ3n) is 4.37. The van der Waals surface area contributed by atoms with E-state index in [0.29, 0.717) is 29.0 Å². The predicted octanol–water partition coefficient (Wildman–Crippen LogP) is 4.88. The molecule has 0 unspecified atom stereocenters. The first-order valence-corrected chi connectivity index (χ1v) is 10.6. The number of hydrogen-bond donors (Lipinski definition) is 1. The molecule has 3 rings (SSSR count). The van der Waals surface area contributed by atoms with Crippen molar-refractivity contribution in [3.8, 4) is 5.75 Å². The van der Waals surface area contributed by atoms with Gasteiger partial charge in [0.25, 0.3) is 0 Å². The van der Waals surface area contributed by atoms with Gasteiger partial charge in [-0.3, -0.25) is 4.79 Å². The Morgan fingerprint density at radius 1 is 1.17 bits per heavy atom. The summed E-state index contributed by atoms with van der Waals surface area (Å²) < 4.78 is 7.76. The minimum atomic E-state index is -0.122. The maximum atomic E-state index is 12.3. The van der Waals surface area contributed by atoms with Crippen LogP contribution in [-0.2, 0) is 17.9 Å². The number of halogens is 1. The second-order valence-electron chi connectivity index (χ2n) is 6.49. The van der Waals surface area contributed by atoms with Crippen LogP contribution >= 0.6 is 23.4 Å². The maximum absolute atomic E-state index is 12.3. The topological polar surface area (TPSA) is 69.0 Å². The van der Waals surface area contributed by atoms with Crippen molar-refractivity contribution in [3.05, 3.63) is 64.4 Å². The molecule has 8 heteroatoms. The fraction of sp³-hybridized carbons (Fsp3) is 0.286. The number of hydrogen-bond acceptors (Lipinski definition) is 5. The number of benzene rings is 2. The molecule has 1 amide bonds. The summed E-state index contributed by atoms with van der Waals surface area (Å²) in [6.45, 7) is 6.93. The Morgan fingerprint density at radius 2 is 1.93 bits per heavy atom. The van der Waals surface area contributed by atoms with Gasteiger partial charge in [0.05, 0.1) is 5.75 Å². The minimum absolute atomic E-state index is 0.122. The molecular formula is C21H23ClN4O2S. The quantitative estimate of drug-likeness (QED) is 0.516. The van der Waals surface area contributed by atoms with Crippen molar-refractivity contribution in [2.24, 2.45) is 0 Å². The van der Waals surface area contributed by atoms with Crippen LogP contribution in [0, 0.1) is 13.8 Å². The van der Waals surface area contributed by atoms with E-state index in [1.165, 1.54) is 17.3 Å². The van der Waals surface area contributed by atoms with Gasteiger partial charge in [-0.1, -0.05) is 47.1 Å². The zero-order valence-corrected chi connectivity index (χ0v) is 18.2. The Morgan fingerprint density at radius 3 is 2.66 bits per heavy atom. The third-order valence-corrected chi connectivity index (χ3v) is 5.75. The number of nitrogens with zero attached hydrogens (tertiary/aromatic N) is 3. The van der Waals surface area contributed by atoms with Gasteiger partial charge in [-0.2, -0.15) is 0 Å². The highest BCUT2D eigenvalue weighted by atomic mass is 35.5. The van der Waals surface area contributed by atoms with Crippen molar-refractivity contribution in [2.45, 2.75) is 39.1 Å². The number of anilines is 1. The summed E-state index contributed by atoms with van der Waals surface area (Å²) in [6.07, 6.45) is 0. The molecule has 6 nitrogen and oxygen atoms in total. The van der Waals surface area contributed by atoms with Gasteiger partial charge in [-0.15, -0.1) is 10.2 Å². The number of amides is 1. The lowest BCUT2D eigenvalue weighted by Crippen LogP contribution is -2.15. The lowest BCUT2D eigenvalue weighted by Gasteiger charge is -2.10. The van der Waals surface area contributed by atoms with Gasteiger partial charge in [0.2, 0.25) is 5.91 Å². The molecule has 0 saturated heterocycles. The average Bonchev–Trinajstić information content (AvgIpc) is 3.11. The molecule has 1 N–H and O–H groups in total. The third kappa shape index (κ3) is 5.52. The second-order valence-corrected chi connectivity index (χ2v) is 7.84. The van der Waals surface area contributed by atoms with Crippen molar-refractivity contribution in [2.75, 3.05) is 11.1 Å². The zero-order chi connectivity index (χ0) is 20.8. The molecule has 0 aliphatic rings. The first-order valence-electron chi connectivity index (χ1n) is 9.27. The molecule has 0 bridgehead atoms. The molecule has 0 aliphatic carbocycles. The lowest BCUT2D eigenvalue weighted by molar-refractivity contribution is -0.113. The monoisotopic (exact) mass is 430 g/mol. The molecule has 0 spiro atoms. The standard InChI is InChI=1S/C21H23ClN4O2S/c1-4-26-19(12-28-16-10-8-14(2)9-11-16)24-25-21(26)29-13-20(27)23-18-7-5-6-17(22)15(18)3/h5-11H,4,12-13H2,1-3H3,(H,23,27). The second kappa shape index (κ2) is 9.80. The molecule has 3 aromatic rings. The largest absolute Gasteiger partial charge is 0.486 e. The van der Waals surface area contributed by atoms with E-state index in [0.717, 1.165) is 17.1 Å². The molecular weight excluding hydrogens is 408 g/mol. The van der Waals surface area contributed by atoms with Crippen LogP contribution in [-0.4, -0.2) is 26.4 Å². The molecule has 29 heavy (non-hydrogen) atoms. The normalized spacial score (nSPS) is 10.8. The Bertz CT molecular complexity index is 989. The summed E-state index contributed by atoms with van der Waals surface area (Å²) in [5.41, 5.74) is 2.74. The van der Waals surface area contributed by atoms with E-state index in [-0.39, 0.29) is 11.7 Å². The highest BCUT2D eigenvalue weighted by Gasteiger charge is 2.14. The van der Waals surface area contributed by atoms with Gasteiger partial charge in [0.1, 0.15) is 12.4 Å². The number of nitrogens with one attached hydrogen (secondary N) is 1. The number of rotatable bonds is 8. The Hall–Kier alpha value is -2.51. The number of aromatic nitrogens is 3. The van der Waals surface area contributed by atoms with E-state index in [2.05, 4.69) is 15.5 Å². The van der Waals surface area contributed by atoms with Crippen LogP contribution in [0.1, 0.15) is 23.9 Å². The van der Waals surface area contributed by atoms with Crippen molar-refractivity contribution in [1.29, 1.82) is 0 Å². The highest BCUT2D eigenvalue weighted by Crippen LogP contribution is 2.24. The smallest absolute Gasteiger partial charge is 0.234 e. The Kier molecular flexibility index (Phi) is 7.17. The van der Waals surface area contributed by atoms with Crippen LogP contribution < -0.4 is 10.1 Å². The van der Waals surface area contributed by atoms with Gasteiger partial charge < -0.3 is 14.6 Å². The molecule has 0 radical (unpaired) electrons. The molecule has 152 valence electrons. The molecule has 2 aromatic carbocycles. The van der Waals surface area contributed by atoms with Crippen molar-refractivity contribution < 1.29 is 9.53 Å². The predicted molar refractivity (Wildman–Crippen MR) is 117 cm³/mol. The van der Waals surface area contributed by atoms with E-state index in [1.54, 1.807) is 6.07 Å². The van der Waals surface area contributed by atoms with Crippen LogP contribution in [0.25, 0.3) is 0 Å². The summed E-state index contributed by atoms with van der Waals surface area (Å²) in [5.74, 6) is 1.61. The van der Waals surface area contributed by atoms with E-state index >= 15 is 0 Å². The summed E-state index contributed by atoms with van der Waals surface area (Å²) in [7, 11) is 0. The number of carbonyl (C=O) groups excluding carboxylic acids is 1. The van der Waals surface area contributed by atoms with Crippen LogP contribution in [0.15, 0.2) is 47.6 Å². The van der Waals surface area contributed by atoms with E-state index in [1.807, 2.05) is 61.7 Å². The number of thioether (sulfide) groups is 1. The van der Waals surface area contributed by atoms with E-state index < -0.39 is 0 Å². The van der Waals surface area contributed by atoms with Gasteiger partial charge >= 0.3 is 0 Å². The van der Waals surface area contributed by atoms with Crippen molar-refractivity contribution >= 4 is 35.0 Å². The maximum Gasteiger partial charge on any atom is 0.234 e. The molecule has 0 aliphatic heterocycles. The van der Waals surface area contributed by atoms with E-state index in [4.69, 9.17) is 16.3 Å². The molecule has 0 atom stereocenters. The molecule has 0 saturated carbocycles. The molecule has 1 heterocycles.